The molecule has 2 fully saturated rings. The molecular formula is C40H45F4N9O5. The third kappa shape index (κ3) is 8.84. The summed E-state index contributed by atoms with van der Waals surface area (Å²) in [6.07, 6.45) is -1.43. The van der Waals surface area contributed by atoms with Crippen molar-refractivity contribution >= 4 is 35.4 Å². The zero-order valence-corrected chi connectivity index (χ0v) is 32.6. The first-order valence-corrected chi connectivity index (χ1v) is 18.8. The molecule has 2 aromatic carbocycles. The van der Waals surface area contributed by atoms with Crippen molar-refractivity contribution in [2.75, 3.05) is 50.6 Å². The Balaban J connectivity index is 1.16. The number of pyridine rings is 1. The highest BCUT2D eigenvalue weighted by Gasteiger charge is 2.38. The molecule has 2 saturated heterocycles. The lowest BCUT2D eigenvalue weighted by molar-refractivity contribution is -0.137. The molecule has 4 N–H and O–H groups in total. The number of hydrogen-bond donors (Lipinski definition) is 4. The number of benzene rings is 2. The van der Waals surface area contributed by atoms with Crippen LogP contribution in [0.15, 0.2) is 60.9 Å². The van der Waals surface area contributed by atoms with E-state index in [1.807, 2.05) is 25.7 Å². The van der Waals surface area contributed by atoms with E-state index in [1.165, 1.54) is 31.5 Å². The topological polar surface area (TPSA) is 165 Å². The molecule has 308 valence electrons. The van der Waals surface area contributed by atoms with E-state index < -0.39 is 46.9 Å². The molecule has 4 aromatic rings. The number of nitrogens with one attached hydrogen (secondary N) is 4. The number of likely N-dealkylation sites (tertiary alicyclic amines) is 1. The fourth-order valence-corrected chi connectivity index (χ4v) is 7.34. The van der Waals surface area contributed by atoms with Gasteiger partial charge in [-0.15, -0.1) is 0 Å². The Kier molecular flexibility index (Phi) is 12.2. The van der Waals surface area contributed by atoms with Gasteiger partial charge in [0, 0.05) is 45.5 Å². The summed E-state index contributed by atoms with van der Waals surface area (Å²) in [7, 11) is 2.78. The molecule has 5 amide bonds. The van der Waals surface area contributed by atoms with Gasteiger partial charge in [-0.3, -0.25) is 9.59 Å². The fourth-order valence-electron chi connectivity index (χ4n) is 7.34. The second-order valence-electron chi connectivity index (χ2n) is 14.6. The number of piperazine rings is 1. The first kappa shape index (κ1) is 41.4. The van der Waals surface area contributed by atoms with Gasteiger partial charge in [-0.25, -0.2) is 23.9 Å². The minimum absolute atomic E-state index is 0.0116. The van der Waals surface area contributed by atoms with Crippen molar-refractivity contribution < 1.29 is 41.5 Å². The predicted octanol–water partition coefficient (Wildman–Crippen LogP) is 6.44. The summed E-state index contributed by atoms with van der Waals surface area (Å²) in [4.78, 5) is 67.9. The Morgan fingerprint density at radius 2 is 1.69 bits per heavy atom. The Hall–Kier alpha value is -6.20. The summed E-state index contributed by atoms with van der Waals surface area (Å²) in [5, 5.41) is 7.47. The fraction of sp³-hybridized carbons (Fsp3) is 0.400. The highest BCUT2D eigenvalue weighted by atomic mass is 19.4. The lowest BCUT2D eigenvalue weighted by atomic mass is 9.96. The summed E-state index contributed by atoms with van der Waals surface area (Å²) < 4.78 is 63.6. The number of H-pyrrole nitrogens is 1. The number of halogens is 4. The average Bonchev–Trinajstić information content (AvgIpc) is 3.90. The smallest absolute Gasteiger partial charge is 0.417 e. The molecule has 18 heteroatoms. The number of rotatable bonds is 9. The van der Waals surface area contributed by atoms with E-state index in [1.54, 1.807) is 41.2 Å². The minimum atomic E-state index is -4.90. The van der Waals surface area contributed by atoms with Crippen LogP contribution in [-0.2, 0) is 15.7 Å². The molecule has 0 saturated carbocycles. The van der Waals surface area contributed by atoms with Crippen molar-refractivity contribution in [3.8, 4) is 22.4 Å². The van der Waals surface area contributed by atoms with Crippen LogP contribution in [0.2, 0.25) is 0 Å². The van der Waals surface area contributed by atoms with Gasteiger partial charge >= 0.3 is 18.3 Å². The maximum Gasteiger partial charge on any atom is 0.417 e. The van der Waals surface area contributed by atoms with Crippen LogP contribution in [0.25, 0.3) is 22.4 Å². The van der Waals surface area contributed by atoms with Gasteiger partial charge in [0.1, 0.15) is 23.5 Å². The number of alkyl carbamates (subject to hydrolysis) is 1. The van der Waals surface area contributed by atoms with Crippen LogP contribution in [0.5, 0.6) is 0 Å². The summed E-state index contributed by atoms with van der Waals surface area (Å²) in [6, 6.07) is 8.93. The zero-order valence-electron chi connectivity index (χ0n) is 32.6. The number of hydrogen-bond acceptors (Lipinski definition) is 8. The van der Waals surface area contributed by atoms with Gasteiger partial charge in [0.25, 0.3) is 5.91 Å². The number of methoxy groups -OCH3 is 1. The first-order valence-electron chi connectivity index (χ1n) is 18.8. The Morgan fingerprint density at radius 3 is 2.31 bits per heavy atom. The second kappa shape index (κ2) is 17.1. The number of imidazole rings is 1. The van der Waals surface area contributed by atoms with Crippen LogP contribution < -0.4 is 20.9 Å². The number of aromatic nitrogens is 3. The Morgan fingerprint density at radius 1 is 0.966 bits per heavy atom. The van der Waals surface area contributed by atoms with E-state index in [2.05, 4.69) is 30.9 Å². The summed E-state index contributed by atoms with van der Waals surface area (Å²) in [5.41, 5.74) is -0.978. The Labute approximate surface area is 332 Å². The quantitative estimate of drug-likeness (QED) is 0.140. The van der Waals surface area contributed by atoms with Crippen LogP contribution in [-0.4, -0.2) is 101 Å². The number of amides is 5. The van der Waals surface area contributed by atoms with Gasteiger partial charge in [-0.05, 0) is 66.6 Å². The third-order valence-corrected chi connectivity index (χ3v) is 10.4. The number of ether oxygens (including phenoxy) is 1. The maximum absolute atomic E-state index is 15.5. The van der Waals surface area contributed by atoms with Crippen molar-refractivity contribution in [1.82, 2.24) is 35.4 Å². The highest BCUT2D eigenvalue weighted by Crippen LogP contribution is 2.41. The average molecular weight is 808 g/mol. The Bertz CT molecular complexity index is 2140. The summed E-state index contributed by atoms with van der Waals surface area (Å²) in [6.45, 7) is 7.45. The number of anilines is 2. The van der Waals surface area contributed by atoms with Crippen LogP contribution in [0.4, 0.5) is 38.7 Å². The lowest BCUT2D eigenvalue weighted by Crippen LogP contribution is -2.55. The van der Waals surface area contributed by atoms with Gasteiger partial charge in [0.05, 0.1) is 41.9 Å². The molecule has 0 aliphatic carbocycles. The van der Waals surface area contributed by atoms with Crippen LogP contribution >= 0.6 is 0 Å². The number of alkyl halides is 3. The van der Waals surface area contributed by atoms with Gasteiger partial charge in [-0.1, -0.05) is 38.1 Å². The molecule has 3 atom stereocenters. The standard InChI is InChI=1S/C40H45F4N9O5/c1-22(2)34(50-39(57)58-5)37(55)53-14-6-7-32(53)35-47-20-31(48-35)25-10-8-24(9-11-25)27-17-29(41)30(18-28(27)40(42,43)44)49-36(54)26-12-13-33(46-19-26)52-16-15-51(21-23(52)3)38(56)45-4/h8-13,17-20,22-23,32,34H,6-7,14-16,21H2,1-5H3,(H,45,56)(H,47,48)(H,49,54)(H,50,57)/t23-,32+,34+/m1/s1. The molecule has 0 unspecified atom stereocenters. The van der Waals surface area contributed by atoms with Crippen LogP contribution in [0, 0.1) is 11.7 Å². The molecule has 4 heterocycles. The number of aromatic amines is 1. The van der Waals surface area contributed by atoms with Gasteiger partial charge in [0.15, 0.2) is 0 Å². The van der Waals surface area contributed by atoms with Crippen molar-refractivity contribution in [3.05, 3.63) is 83.7 Å². The normalized spacial score (nSPS) is 17.6. The number of urea groups is 1. The molecule has 0 bridgehead atoms. The number of nitrogens with zero attached hydrogens (tertiary/aromatic N) is 5. The van der Waals surface area contributed by atoms with Gasteiger partial charge in [0.2, 0.25) is 5.91 Å². The molecule has 2 aromatic heterocycles. The van der Waals surface area contributed by atoms with E-state index in [4.69, 9.17) is 4.74 Å². The van der Waals surface area contributed by atoms with Crippen LogP contribution in [0.1, 0.15) is 61.4 Å². The van der Waals surface area contributed by atoms with Gasteiger partial charge in [-0.2, -0.15) is 13.2 Å². The van der Waals surface area contributed by atoms with E-state index in [-0.39, 0.29) is 41.1 Å². The largest absolute Gasteiger partial charge is 0.453 e. The van der Waals surface area contributed by atoms with Gasteiger partial charge < -0.3 is 40.4 Å². The second-order valence-corrected chi connectivity index (χ2v) is 14.6. The molecule has 0 radical (unpaired) electrons. The molecule has 58 heavy (non-hydrogen) atoms. The first-order chi connectivity index (χ1) is 27.6. The van der Waals surface area contributed by atoms with Crippen LogP contribution in [0.3, 0.4) is 0 Å². The predicted molar refractivity (Wildman–Crippen MR) is 207 cm³/mol. The number of carbonyl (C=O) groups is 4. The number of carbonyl (C=O) groups excluding carboxylic acids is 4. The molecule has 0 spiro atoms. The lowest BCUT2D eigenvalue weighted by Gasteiger charge is -2.40. The third-order valence-electron chi connectivity index (χ3n) is 10.4. The SMILES string of the molecule is CNC(=O)N1CCN(c2ccc(C(=O)Nc3cc(C(F)(F)F)c(-c4ccc(-c5cnc([C@@H]6CCCN6C(=O)[C@@H](NC(=O)OC)C(C)C)[nH]5)cc4)cc3F)cn2)[C@H](C)C1. The van der Waals surface area contributed by atoms with E-state index >= 15 is 4.39 Å². The van der Waals surface area contributed by atoms with Crippen molar-refractivity contribution in [1.29, 1.82) is 0 Å². The molecule has 14 nitrogen and oxygen atoms in total. The minimum Gasteiger partial charge on any atom is -0.453 e. The molecule has 2 aliphatic rings. The zero-order chi connectivity index (χ0) is 41.9. The van der Waals surface area contributed by atoms with Crippen molar-refractivity contribution in [2.24, 2.45) is 5.92 Å². The maximum atomic E-state index is 15.5. The van der Waals surface area contributed by atoms with E-state index in [0.29, 0.717) is 61.6 Å². The highest BCUT2D eigenvalue weighted by molar-refractivity contribution is 6.04. The van der Waals surface area contributed by atoms with E-state index in [9.17, 15) is 32.3 Å². The van der Waals surface area contributed by atoms with Crippen molar-refractivity contribution in [3.63, 3.8) is 0 Å². The summed E-state index contributed by atoms with van der Waals surface area (Å²) in [5.74, 6) is -1.32. The van der Waals surface area contributed by atoms with Crippen molar-refractivity contribution in [2.45, 2.75) is 57.9 Å². The molecule has 2 aliphatic heterocycles. The molecule has 6 rings (SSSR count). The molecular weight excluding hydrogens is 762 g/mol. The summed E-state index contributed by atoms with van der Waals surface area (Å²) >= 11 is 0. The monoisotopic (exact) mass is 807 g/mol. The van der Waals surface area contributed by atoms with E-state index in [0.717, 1.165) is 12.5 Å².